The number of para-hydroxylation sites is 1. The summed E-state index contributed by atoms with van der Waals surface area (Å²) in [6, 6.07) is 8.16. The van der Waals surface area contributed by atoms with Crippen molar-refractivity contribution >= 4 is 13.7 Å². The summed E-state index contributed by atoms with van der Waals surface area (Å²) in [6.07, 6.45) is 3.40. The fourth-order valence-electron chi connectivity index (χ4n) is 3.10. The Labute approximate surface area is 194 Å². The van der Waals surface area contributed by atoms with Crippen molar-refractivity contribution < 1.29 is 33.0 Å². The first-order chi connectivity index (χ1) is 16.2. The van der Waals surface area contributed by atoms with Gasteiger partial charge >= 0.3 is 19.4 Å². The number of aliphatic hydroxyl groups is 1. The fraction of sp³-hybridized carbons (Fsp3) is 0.381. The van der Waals surface area contributed by atoms with E-state index in [1.54, 1.807) is 30.3 Å². The third kappa shape index (κ3) is 6.66. The van der Waals surface area contributed by atoms with Gasteiger partial charge < -0.3 is 19.1 Å². The zero-order chi connectivity index (χ0) is 24.7. The van der Waals surface area contributed by atoms with Gasteiger partial charge in [0.05, 0.1) is 12.7 Å². The lowest BCUT2D eigenvalue weighted by Gasteiger charge is -2.24. The van der Waals surface area contributed by atoms with Crippen LogP contribution in [0.2, 0.25) is 0 Å². The van der Waals surface area contributed by atoms with Gasteiger partial charge in [-0.2, -0.15) is 5.09 Å². The van der Waals surface area contributed by atoms with E-state index in [0.717, 1.165) is 10.6 Å². The number of terminal acetylenes is 1. The predicted octanol–water partition coefficient (Wildman–Crippen LogP) is 0.543. The highest BCUT2D eigenvalue weighted by molar-refractivity contribution is 7.52. The maximum Gasteiger partial charge on any atom is 0.459 e. The first-order valence-corrected chi connectivity index (χ1v) is 11.8. The van der Waals surface area contributed by atoms with E-state index in [4.69, 9.17) is 24.9 Å². The van der Waals surface area contributed by atoms with Crippen molar-refractivity contribution in [3.8, 4) is 18.1 Å². The normalized spacial score (nSPS) is 22.3. The van der Waals surface area contributed by atoms with Gasteiger partial charge in [-0.15, -0.1) is 6.42 Å². The zero-order valence-corrected chi connectivity index (χ0v) is 19.1. The number of aliphatic hydroxyl groups excluding tert-OH is 1. The molecule has 0 bridgehead atoms. The molecule has 2 aromatic rings. The van der Waals surface area contributed by atoms with Crippen LogP contribution < -0.4 is 20.9 Å². The van der Waals surface area contributed by atoms with Gasteiger partial charge in [-0.3, -0.25) is 23.7 Å². The molecule has 5 atom stereocenters. The van der Waals surface area contributed by atoms with Crippen molar-refractivity contribution in [3.05, 3.63) is 63.4 Å². The number of esters is 1. The minimum Gasteiger partial charge on any atom is -0.451 e. The fourth-order valence-corrected chi connectivity index (χ4v) is 4.60. The summed E-state index contributed by atoms with van der Waals surface area (Å²) in [5.74, 6) is 1.59. The number of carbonyl (C=O) groups is 1. The number of carbonyl (C=O) groups excluding carboxylic acids is 1. The number of nitrogens with one attached hydrogen (secondary N) is 2. The van der Waals surface area contributed by atoms with E-state index in [0.29, 0.717) is 0 Å². The molecule has 0 aliphatic carbocycles. The molecule has 12 nitrogen and oxygen atoms in total. The number of rotatable bonds is 10. The summed E-state index contributed by atoms with van der Waals surface area (Å²) in [7, 11) is -4.18. The number of ether oxygens (including phenoxy) is 2. The molecule has 1 aliphatic rings. The SMILES string of the molecule is C#CCOC(=O)[C@H](C)NP(=O)(OC[C@@H]1O[C@H](n2ccc(=O)[nH]c2=O)C[C@H]1O)Oc1ccccc1. The lowest BCUT2D eigenvalue weighted by Crippen LogP contribution is -2.36. The van der Waals surface area contributed by atoms with Crippen LogP contribution in [0.5, 0.6) is 5.75 Å². The number of hydrogen-bond donors (Lipinski definition) is 3. The topological polar surface area (TPSA) is 158 Å². The van der Waals surface area contributed by atoms with Crippen LogP contribution in [0.4, 0.5) is 0 Å². The van der Waals surface area contributed by atoms with E-state index < -0.39 is 56.0 Å². The highest BCUT2D eigenvalue weighted by atomic mass is 31.2. The summed E-state index contributed by atoms with van der Waals surface area (Å²) in [6.45, 7) is 0.727. The smallest absolute Gasteiger partial charge is 0.451 e. The molecular weight excluding hydrogens is 469 g/mol. The molecule has 182 valence electrons. The average Bonchev–Trinajstić information content (AvgIpc) is 3.16. The molecule has 2 heterocycles. The standard InChI is InChI=1S/C21H24N3O9P/c1-3-11-30-20(27)14(2)23-34(29,33-15-7-5-4-6-8-15)31-13-17-16(25)12-19(32-17)24-10-9-18(26)22-21(24)28/h1,4-10,14,16-17,19,25H,11-13H2,2H3,(H,23,29)(H,22,26,28)/t14-,16+,17-,19-,34?/m0/s1. The average molecular weight is 493 g/mol. The molecule has 1 aliphatic heterocycles. The molecule has 1 aromatic heterocycles. The van der Waals surface area contributed by atoms with E-state index in [1.165, 1.54) is 13.1 Å². The molecule has 1 aromatic carbocycles. The molecule has 13 heteroatoms. The predicted molar refractivity (Wildman–Crippen MR) is 119 cm³/mol. The van der Waals surface area contributed by atoms with Crippen LogP contribution in [0.3, 0.4) is 0 Å². The number of H-pyrrole nitrogens is 1. The van der Waals surface area contributed by atoms with Crippen molar-refractivity contribution in [2.45, 2.75) is 37.8 Å². The van der Waals surface area contributed by atoms with Crippen LogP contribution in [0.1, 0.15) is 19.6 Å². The third-order valence-electron chi connectivity index (χ3n) is 4.75. The van der Waals surface area contributed by atoms with Gasteiger partial charge in [-0.05, 0) is 19.1 Å². The Morgan fingerprint density at radius 1 is 1.38 bits per heavy atom. The quantitative estimate of drug-likeness (QED) is 0.242. The van der Waals surface area contributed by atoms with E-state index in [9.17, 15) is 24.1 Å². The summed E-state index contributed by atoms with van der Waals surface area (Å²) >= 11 is 0. The molecule has 3 rings (SSSR count). The molecule has 1 unspecified atom stereocenters. The second-order valence-electron chi connectivity index (χ2n) is 7.31. The van der Waals surface area contributed by atoms with Crippen molar-refractivity contribution in [3.63, 3.8) is 0 Å². The van der Waals surface area contributed by atoms with Gasteiger partial charge in [0.2, 0.25) is 0 Å². The zero-order valence-electron chi connectivity index (χ0n) is 18.2. The Hall–Kier alpha value is -3.20. The van der Waals surface area contributed by atoms with Gasteiger partial charge in [-0.25, -0.2) is 9.36 Å². The number of aromatic amines is 1. The van der Waals surface area contributed by atoms with Crippen LogP contribution in [0.25, 0.3) is 0 Å². The summed E-state index contributed by atoms with van der Waals surface area (Å²) in [5.41, 5.74) is -1.27. The minimum absolute atomic E-state index is 0.0199. The molecule has 1 saturated heterocycles. The Morgan fingerprint density at radius 3 is 2.79 bits per heavy atom. The Kier molecular flexibility index (Phi) is 8.44. The Balaban J connectivity index is 1.71. The highest BCUT2D eigenvalue weighted by Gasteiger charge is 2.39. The van der Waals surface area contributed by atoms with Crippen LogP contribution in [-0.4, -0.2) is 52.1 Å². The van der Waals surface area contributed by atoms with Gasteiger partial charge in [-0.1, -0.05) is 24.1 Å². The molecule has 3 N–H and O–H groups in total. The first-order valence-electron chi connectivity index (χ1n) is 10.2. The van der Waals surface area contributed by atoms with Gasteiger partial charge in [0.1, 0.15) is 24.1 Å². The van der Waals surface area contributed by atoms with E-state index in [1.807, 2.05) is 0 Å². The largest absolute Gasteiger partial charge is 0.459 e. The second kappa shape index (κ2) is 11.3. The van der Waals surface area contributed by atoms with E-state index in [2.05, 4.69) is 16.0 Å². The number of aromatic nitrogens is 2. The van der Waals surface area contributed by atoms with E-state index >= 15 is 0 Å². The molecule has 1 fully saturated rings. The maximum atomic E-state index is 13.4. The highest BCUT2D eigenvalue weighted by Crippen LogP contribution is 2.45. The van der Waals surface area contributed by atoms with Crippen molar-refractivity contribution in [2.75, 3.05) is 13.2 Å². The molecule has 0 amide bonds. The van der Waals surface area contributed by atoms with Crippen LogP contribution in [0, 0.1) is 12.3 Å². The lowest BCUT2D eigenvalue weighted by atomic mass is 10.2. The van der Waals surface area contributed by atoms with E-state index in [-0.39, 0.29) is 18.8 Å². The Morgan fingerprint density at radius 2 is 2.12 bits per heavy atom. The molecular formula is C21H24N3O9P. The summed E-state index contributed by atoms with van der Waals surface area (Å²) in [5, 5.41) is 12.9. The molecule has 0 radical (unpaired) electrons. The van der Waals surface area contributed by atoms with Gasteiger partial charge in [0.15, 0.2) is 6.61 Å². The number of nitrogens with zero attached hydrogens (tertiary/aromatic N) is 1. The van der Waals surface area contributed by atoms with Crippen molar-refractivity contribution in [2.24, 2.45) is 0 Å². The number of benzene rings is 1. The summed E-state index contributed by atoms with van der Waals surface area (Å²) < 4.78 is 36.1. The third-order valence-corrected chi connectivity index (χ3v) is 6.39. The monoisotopic (exact) mass is 493 g/mol. The van der Waals surface area contributed by atoms with Crippen molar-refractivity contribution in [1.29, 1.82) is 0 Å². The molecule has 0 saturated carbocycles. The first kappa shape index (κ1) is 25.4. The summed E-state index contributed by atoms with van der Waals surface area (Å²) in [4.78, 5) is 37.4. The van der Waals surface area contributed by atoms with Crippen LogP contribution >= 0.6 is 7.75 Å². The van der Waals surface area contributed by atoms with Gasteiger partial charge in [0.25, 0.3) is 5.56 Å². The number of hydrogen-bond acceptors (Lipinski definition) is 9. The van der Waals surface area contributed by atoms with Gasteiger partial charge in [0, 0.05) is 18.7 Å². The Bertz CT molecular complexity index is 1190. The second-order valence-corrected chi connectivity index (χ2v) is 9.00. The molecule has 34 heavy (non-hydrogen) atoms. The minimum atomic E-state index is -4.18. The maximum absolute atomic E-state index is 13.4. The lowest BCUT2D eigenvalue weighted by molar-refractivity contribution is -0.143. The molecule has 0 spiro atoms. The van der Waals surface area contributed by atoms with Crippen LogP contribution in [0.15, 0.2) is 52.2 Å². The van der Waals surface area contributed by atoms with Crippen LogP contribution in [-0.2, 0) is 23.4 Å². The van der Waals surface area contributed by atoms with Crippen molar-refractivity contribution in [1.82, 2.24) is 14.6 Å².